The molecule has 0 aliphatic carbocycles. The third kappa shape index (κ3) is 2.84. The zero-order chi connectivity index (χ0) is 15.7. The molecule has 114 valence electrons. The first-order valence-electron chi connectivity index (χ1n) is 6.51. The normalized spacial score (nSPS) is 11.0. The van der Waals surface area contributed by atoms with Crippen LogP contribution in [-0.4, -0.2) is 31.1 Å². The van der Waals surface area contributed by atoms with Gasteiger partial charge in [0.15, 0.2) is 21.7 Å². The van der Waals surface area contributed by atoms with E-state index in [1.165, 1.54) is 0 Å². The fraction of sp³-hybridized carbons (Fsp3) is 0.231. The highest BCUT2D eigenvalue weighted by Crippen LogP contribution is 2.25. The second kappa shape index (κ2) is 6.05. The van der Waals surface area contributed by atoms with Crippen LogP contribution in [0.15, 0.2) is 23.1 Å². The number of hydrogen-bond donors (Lipinski definition) is 1. The highest BCUT2D eigenvalue weighted by Gasteiger charge is 2.16. The molecule has 3 aromatic rings. The molecule has 0 aliphatic rings. The Balaban J connectivity index is 2.10. The van der Waals surface area contributed by atoms with Crippen LogP contribution < -0.4 is 10.5 Å². The first-order chi connectivity index (χ1) is 10.6. The summed E-state index contributed by atoms with van der Waals surface area (Å²) in [6.45, 7) is 2.75. The smallest absolute Gasteiger partial charge is 0.320 e. The average molecular weight is 384 g/mol. The largest absolute Gasteiger partial charge is 0.464 e. The van der Waals surface area contributed by atoms with E-state index < -0.39 is 0 Å². The number of fused-ring (bicyclic) bond motifs is 1. The van der Waals surface area contributed by atoms with Gasteiger partial charge in [0.2, 0.25) is 0 Å². The van der Waals surface area contributed by atoms with Crippen molar-refractivity contribution >= 4 is 44.5 Å². The number of pyridine rings is 1. The maximum Gasteiger partial charge on any atom is 0.320 e. The monoisotopic (exact) mass is 382 g/mol. The Bertz CT molecular complexity index is 837. The molecule has 3 heterocycles. The topological polar surface area (TPSA) is 91.7 Å². The minimum atomic E-state index is 0.222. The summed E-state index contributed by atoms with van der Waals surface area (Å²) in [5.74, 6) is 0.270. The molecule has 0 aromatic carbocycles. The van der Waals surface area contributed by atoms with Gasteiger partial charge in [0, 0.05) is 11.2 Å². The van der Waals surface area contributed by atoms with Crippen LogP contribution in [0.5, 0.6) is 6.01 Å². The first kappa shape index (κ1) is 15.0. The Labute approximate surface area is 139 Å². The molecule has 0 radical (unpaired) electrons. The molecule has 2 N–H and O–H groups in total. The van der Waals surface area contributed by atoms with Crippen LogP contribution in [0, 0.1) is 0 Å². The number of ether oxygens (including phenoxy) is 1. The van der Waals surface area contributed by atoms with Gasteiger partial charge in [-0.1, -0.05) is 11.6 Å². The fourth-order valence-electron chi connectivity index (χ4n) is 2.01. The van der Waals surface area contributed by atoms with Gasteiger partial charge in [0.1, 0.15) is 0 Å². The second-order valence-electron chi connectivity index (χ2n) is 4.43. The predicted octanol–water partition coefficient (Wildman–Crippen LogP) is 2.67. The quantitative estimate of drug-likeness (QED) is 0.696. The summed E-state index contributed by atoms with van der Waals surface area (Å²) < 4.78 is 7.74. The molecule has 0 aliphatic heterocycles. The number of hydrogen-bond acceptors (Lipinski definition) is 6. The highest BCUT2D eigenvalue weighted by molar-refractivity contribution is 9.10. The third-order valence-electron chi connectivity index (χ3n) is 2.93. The van der Waals surface area contributed by atoms with E-state index in [0.29, 0.717) is 34.1 Å². The van der Waals surface area contributed by atoms with Gasteiger partial charge in [-0.3, -0.25) is 9.55 Å². The summed E-state index contributed by atoms with van der Waals surface area (Å²) >= 11 is 9.40. The number of nitrogens with two attached hydrogens (primary N) is 1. The molecule has 3 rings (SSSR count). The molecule has 0 fully saturated rings. The van der Waals surface area contributed by atoms with E-state index in [-0.39, 0.29) is 11.8 Å². The van der Waals surface area contributed by atoms with Crippen molar-refractivity contribution in [2.24, 2.45) is 0 Å². The number of nitrogens with zero attached hydrogens (tertiary/aromatic N) is 5. The molecule has 7 nitrogen and oxygen atoms in total. The summed E-state index contributed by atoms with van der Waals surface area (Å²) in [7, 11) is 0. The molecule has 3 aromatic heterocycles. The van der Waals surface area contributed by atoms with Gasteiger partial charge in [0.05, 0.1) is 18.8 Å². The Morgan fingerprint density at radius 3 is 2.91 bits per heavy atom. The van der Waals surface area contributed by atoms with E-state index in [4.69, 9.17) is 22.1 Å². The van der Waals surface area contributed by atoms with Gasteiger partial charge >= 0.3 is 6.01 Å². The third-order valence-corrected chi connectivity index (χ3v) is 3.77. The minimum absolute atomic E-state index is 0.222. The van der Waals surface area contributed by atoms with Gasteiger partial charge in [-0.15, -0.1) is 0 Å². The van der Waals surface area contributed by atoms with E-state index in [2.05, 4.69) is 35.9 Å². The number of anilines is 1. The Morgan fingerprint density at radius 2 is 2.18 bits per heavy atom. The van der Waals surface area contributed by atoms with Crippen molar-refractivity contribution in [1.82, 2.24) is 24.5 Å². The van der Waals surface area contributed by atoms with Crippen LogP contribution in [0.2, 0.25) is 5.02 Å². The molecule has 9 heteroatoms. The SMILES string of the molecule is CCOc1nc(N)c2nc(Br)n(Cc3cc(Cl)ccn3)c2n1. The fourth-order valence-corrected chi connectivity index (χ4v) is 2.66. The zero-order valence-electron chi connectivity index (χ0n) is 11.6. The Hall–Kier alpha value is -1.93. The van der Waals surface area contributed by atoms with Crippen LogP contribution in [-0.2, 0) is 6.54 Å². The maximum atomic E-state index is 5.99. The average Bonchev–Trinajstić information content (AvgIpc) is 2.77. The van der Waals surface area contributed by atoms with Crippen molar-refractivity contribution in [3.63, 3.8) is 0 Å². The van der Waals surface area contributed by atoms with Crippen LogP contribution >= 0.6 is 27.5 Å². The van der Waals surface area contributed by atoms with Crippen molar-refractivity contribution in [1.29, 1.82) is 0 Å². The summed E-state index contributed by atoms with van der Waals surface area (Å²) in [6.07, 6.45) is 1.65. The standard InChI is InChI=1S/C13H12BrClN6O/c1-2-22-13-19-10(16)9-11(20-13)21(12(14)18-9)6-8-5-7(15)3-4-17-8/h3-5H,2,6H2,1H3,(H2,16,19,20). The lowest BCUT2D eigenvalue weighted by atomic mass is 10.3. The van der Waals surface area contributed by atoms with Crippen LogP contribution in [0.1, 0.15) is 12.6 Å². The summed E-state index contributed by atoms with van der Waals surface area (Å²) in [5.41, 5.74) is 7.79. The van der Waals surface area contributed by atoms with Crippen molar-refractivity contribution in [2.45, 2.75) is 13.5 Å². The van der Waals surface area contributed by atoms with Crippen molar-refractivity contribution in [3.8, 4) is 6.01 Å². The van der Waals surface area contributed by atoms with Crippen molar-refractivity contribution < 1.29 is 4.74 Å². The zero-order valence-corrected chi connectivity index (χ0v) is 14.0. The van der Waals surface area contributed by atoms with E-state index in [1.54, 1.807) is 18.3 Å². The Morgan fingerprint density at radius 1 is 1.36 bits per heavy atom. The molecular formula is C13H12BrClN6O. The van der Waals surface area contributed by atoms with E-state index >= 15 is 0 Å². The lowest BCUT2D eigenvalue weighted by Crippen LogP contribution is -2.06. The van der Waals surface area contributed by atoms with Gasteiger partial charge in [-0.25, -0.2) is 4.98 Å². The van der Waals surface area contributed by atoms with Crippen LogP contribution in [0.25, 0.3) is 11.2 Å². The number of rotatable bonds is 4. The first-order valence-corrected chi connectivity index (χ1v) is 7.68. The second-order valence-corrected chi connectivity index (χ2v) is 5.57. The summed E-state index contributed by atoms with van der Waals surface area (Å²) in [5, 5.41) is 0.620. The minimum Gasteiger partial charge on any atom is -0.464 e. The molecule has 0 spiro atoms. The number of nitrogen functional groups attached to an aromatic ring is 1. The number of imidazole rings is 1. The molecule has 0 amide bonds. The molecular weight excluding hydrogens is 372 g/mol. The molecule has 0 saturated heterocycles. The lowest BCUT2D eigenvalue weighted by Gasteiger charge is -2.07. The summed E-state index contributed by atoms with van der Waals surface area (Å²) in [4.78, 5) is 17.1. The molecule has 0 atom stereocenters. The molecule has 22 heavy (non-hydrogen) atoms. The highest BCUT2D eigenvalue weighted by atomic mass is 79.9. The van der Waals surface area contributed by atoms with E-state index in [1.807, 2.05) is 11.5 Å². The molecule has 0 bridgehead atoms. The lowest BCUT2D eigenvalue weighted by molar-refractivity contribution is 0.314. The molecule has 0 unspecified atom stereocenters. The van der Waals surface area contributed by atoms with E-state index in [9.17, 15) is 0 Å². The van der Waals surface area contributed by atoms with Crippen LogP contribution in [0.4, 0.5) is 5.82 Å². The van der Waals surface area contributed by atoms with Crippen LogP contribution in [0.3, 0.4) is 0 Å². The number of aromatic nitrogens is 5. The van der Waals surface area contributed by atoms with Gasteiger partial charge < -0.3 is 10.5 Å². The molecule has 0 saturated carbocycles. The van der Waals surface area contributed by atoms with Crippen molar-refractivity contribution in [3.05, 3.63) is 33.8 Å². The summed E-state index contributed by atoms with van der Waals surface area (Å²) in [6, 6.07) is 3.73. The Kier molecular flexibility index (Phi) is 4.12. The maximum absolute atomic E-state index is 5.99. The van der Waals surface area contributed by atoms with Crippen molar-refractivity contribution in [2.75, 3.05) is 12.3 Å². The van der Waals surface area contributed by atoms with E-state index in [0.717, 1.165) is 5.69 Å². The van der Waals surface area contributed by atoms with Gasteiger partial charge in [-0.05, 0) is 35.0 Å². The van der Waals surface area contributed by atoms with Gasteiger partial charge in [-0.2, -0.15) is 9.97 Å². The number of halogens is 2. The van der Waals surface area contributed by atoms with Gasteiger partial charge in [0.25, 0.3) is 0 Å². The predicted molar refractivity (Wildman–Crippen MR) is 87.0 cm³/mol.